The Morgan fingerprint density at radius 3 is 2.15 bits per heavy atom. The first-order valence-electron chi connectivity index (χ1n) is 10.2. The van der Waals surface area contributed by atoms with E-state index in [0.29, 0.717) is 22.7 Å². The van der Waals surface area contributed by atoms with E-state index in [2.05, 4.69) is 5.32 Å². The first kappa shape index (κ1) is 25.2. The quantitative estimate of drug-likeness (QED) is 0.339. The molecule has 0 aliphatic heterocycles. The van der Waals surface area contributed by atoms with Crippen LogP contribution in [0.4, 0.5) is 5.69 Å². The molecule has 3 N–H and O–H groups in total. The number of benzene rings is 3. The molecule has 0 saturated carbocycles. The lowest BCUT2D eigenvalue weighted by Crippen LogP contribution is -2.43. The Morgan fingerprint density at radius 2 is 1.59 bits per heavy atom. The van der Waals surface area contributed by atoms with Gasteiger partial charge in [-0.2, -0.15) is 0 Å². The maximum atomic E-state index is 12.8. The molecule has 9 heteroatoms. The van der Waals surface area contributed by atoms with Crippen molar-refractivity contribution in [3.05, 3.63) is 75.8 Å². The van der Waals surface area contributed by atoms with Crippen LogP contribution in [0.5, 0.6) is 11.5 Å². The largest absolute Gasteiger partial charge is 0.496 e. The molecule has 3 rings (SSSR count). The average Bonchev–Trinajstić information content (AvgIpc) is 2.83. The molecule has 3 aromatic rings. The van der Waals surface area contributed by atoms with Crippen molar-refractivity contribution in [2.24, 2.45) is 0 Å². The van der Waals surface area contributed by atoms with E-state index < -0.39 is 17.9 Å². The van der Waals surface area contributed by atoms with E-state index in [9.17, 15) is 9.59 Å². The van der Waals surface area contributed by atoms with Crippen molar-refractivity contribution in [3.8, 4) is 22.6 Å². The summed E-state index contributed by atoms with van der Waals surface area (Å²) in [5.74, 6) is -0.0600. The van der Waals surface area contributed by atoms with Crippen molar-refractivity contribution < 1.29 is 23.8 Å². The zero-order valence-corrected chi connectivity index (χ0v) is 20.4. The summed E-state index contributed by atoms with van der Waals surface area (Å²) in [5, 5.41) is 3.03. The lowest BCUT2D eigenvalue weighted by atomic mass is 9.98. The number of anilines is 1. The summed E-state index contributed by atoms with van der Waals surface area (Å²) in [6.45, 7) is 0. The van der Waals surface area contributed by atoms with Gasteiger partial charge in [0.05, 0.1) is 48.2 Å². The molecule has 0 fully saturated rings. The number of esters is 1. The summed E-state index contributed by atoms with van der Waals surface area (Å²) in [4.78, 5) is 25.2. The van der Waals surface area contributed by atoms with Gasteiger partial charge < -0.3 is 25.3 Å². The van der Waals surface area contributed by atoms with Gasteiger partial charge in [0, 0.05) is 6.42 Å². The van der Waals surface area contributed by atoms with Crippen molar-refractivity contribution in [3.63, 3.8) is 0 Å². The van der Waals surface area contributed by atoms with Gasteiger partial charge in [-0.15, -0.1) is 0 Å². The lowest BCUT2D eigenvalue weighted by molar-refractivity contribution is -0.142. The maximum Gasteiger partial charge on any atom is 0.328 e. The lowest BCUT2D eigenvalue weighted by Gasteiger charge is -2.18. The number of carbonyl (C=O) groups excluding carboxylic acids is 2. The van der Waals surface area contributed by atoms with Crippen LogP contribution in [0.15, 0.2) is 54.6 Å². The minimum absolute atomic E-state index is 0.0935. The molecule has 0 radical (unpaired) electrons. The summed E-state index contributed by atoms with van der Waals surface area (Å²) in [5.41, 5.74) is 8.94. The second-order valence-electron chi connectivity index (χ2n) is 7.31. The Hall–Kier alpha value is -3.42. The van der Waals surface area contributed by atoms with Gasteiger partial charge in [-0.25, -0.2) is 4.79 Å². The minimum atomic E-state index is -0.952. The second kappa shape index (κ2) is 11.1. The molecule has 1 amide bonds. The number of amides is 1. The molecule has 3 aromatic carbocycles. The SMILES string of the molecule is COC(=O)[C@H](Cc1ccc(-c2c(OC)ccc(N)c2OC)cc1)NC(=O)c1c(Cl)cccc1Cl. The van der Waals surface area contributed by atoms with Crippen LogP contribution in [-0.4, -0.2) is 39.2 Å². The van der Waals surface area contributed by atoms with Crippen LogP contribution in [0.3, 0.4) is 0 Å². The zero-order valence-electron chi connectivity index (χ0n) is 18.9. The standard InChI is InChI=1S/C25H24Cl2N2O5/c1-32-20-12-11-18(28)23(33-2)21(20)15-9-7-14(8-10-15)13-19(25(31)34-3)29-24(30)22-16(26)5-4-6-17(22)27/h4-12,19H,13,28H2,1-3H3,(H,29,30)/t19-/m0/s1. The molecule has 7 nitrogen and oxygen atoms in total. The van der Waals surface area contributed by atoms with Crippen LogP contribution < -0.4 is 20.5 Å². The predicted molar refractivity (Wildman–Crippen MR) is 133 cm³/mol. The molecule has 0 aromatic heterocycles. The molecule has 0 unspecified atom stereocenters. The fourth-order valence-corrected chi connectivity index (χ4v) is 4.14. The third-order valence-electron chi connectivity index (χ3n) is 5.24. The number of methoxy groups -OCH3 is 3. The number of hydrogen-bond acceptors (Lipinski definition) is 6. The number of nitrogens with two attached hydrogens (primary N) is 1. The van der Waals surface area contributed by atoms with Gasteiger partial charge in [0.1, 0.15) is 11.8 Å². The highest BCUT2D eigenvalue weighted by Gasteiger charge is 2.25. The van der Waals surface area contributed by atoms with Gasteiger partial charge in [0.15, 0.2) is 5.75 Å². The number of ether oxygens (including phenoxy) is 3. The first-order valence-corrected chi connectivity index (χ1v) is 11.0. The van der Waals surface area contributed by atoms with E-state index in [-0.39, 0.29) is 22.0 Å². The van der Waals surface area contributed by atoms with Gasteiger partial charge in [-0.05, 0) is 35.4 Å². The summed E-state index contributed by atoms with van der Waals surface area (Å²) >= 11 is 12.3. The normalized spacial score (nSPS) is 11.4. The van der Waals surface area contributed by atoms with Crippen LogP contribution in [0, 0.1) is 0 Å². The summed E-state index contributed by atoms with van der Waals surface area (Å²) in [7, 11) is 4.36. The van der Waals surface area contributed by atoms with E-state index >= 15 is 0 Å². The molecule has 1 atom stereocenters. The Labute approximate surface area is 207 Å². The fraction of sp³-hybridized carbons (Fsp3) is 0.200. The van der Waals surface area contributed by atoms with Crippen molar-refractivity contribution in [2.45, 2.75) is 12.5 Å². The molecule has 0 bridgehead atoms. The van der Waals surface area contributed by atoms with Gasteiger partial charge in [0.2, 0.25) is 0 Å². The van der Waals surface area contributed by atoms with Gasteiger partial charge in [0.25, 0.3) is 5.91 Å². The van der Waals surface area contributed by atoms with Crippen molar-refractivity contribution in [1.82, 2.24) is 5.32 Å². The van der Waals surface area contributed by atoms with Crippen LogP contribution >= 0.6 is 23.2 Å². The number of nitrogens with one attached hydrogen (secondary N) is 1. The number of rotatable bonds is 8. The van der Waals surface area contributed by atoms with Crippen molar-refractivity contribution in [1.29, 1.82) is 0 Å². The Balaban J connectivity index is 1.87. The highest BCUT2D eigenvalue weighted by molar-refractivity contribution is 6.39. The monoisotopic (exact) mass is 502 g/mol. The molecule has 0 aliphatic carbocycles. The molecular weight excluding hydrogens is 479 g/mol. The molecule has 178 valence electrons. The van der Waals surface area contributed by atoms with Gasteiger partial charge in [-0.1, -0.05) is 53.5 Å². The highest BCUT2D eigenvalue weighted by atomic mass is 35.5. The van der Waals surface area contributed by atoms with E-state index in [1.165, 1.54) is 14.2 Å². The fourth-order valence-electron chi connectivity index (χ4n) is 3.57. The maximum absolute atomic E-state index is 12.8. The van der Waals surface area contributed by atoms with Crippen LogP contribution in [0.25, 0.3) is 11.1 Å². The molecule has 0 saturated heterocycles. The van der Waals surface area contributed by atoms with E-state index in [4.69, 9.17) is 43.1 Å². The Bertz CT molecular complexity index is 1180. The van der Waals surface area contributed by atoms with Gasteiger partial charge in [-0.3, -0.25) is 4.79 Å². The Morgan fingerprint density at radius 1 is 0.941 bits per heavy atom. The number of nitrogen functional groups attached to an aromatic ring is 1. The highest BCUT2D eigenvalue weighted by Crippen LogP contribution is 2.42. The van der Waals surface area contributed by atoms with Crippen molar-refractivity contribution in [2.75, 3.05) is 27.1 Å². The summed E-state index contributed by atoms with van der Waals surface area (Å²) < 4.78 is 15.8. The Kier molecular flexibility index (Phi) is 8.26. The van der Waals surface area contributed by atoms with Crippen LogP contribution in [-0.2, 0) is 16.0 Å². The number of carbonyl (C=O) groups is 2. The van der Waals surface area contributed by atoms with E-state index in [1.807, 2.05) is 24.3 Å². The number of hydrogen-bond donors (Lipinski definition) is 2. The molecule has 34 heavy (non-hydrogen) atoms. The third-order valence-corrected chi connectivity index (χ3v) is 5.87. The van der Waals surface area contributed by atoms with Gasteiger partial charge >= 0.3 is 5.97 Å². The zero-order chi connectivity index (χ0) is 24.8. The second-order valence-corrected chi connectivity index (χ2v) is 8.13. The third kappa shape index (κ3) is 5.38. The summed E-state index contributed by atoms with van der Waals surface area (Å²) in [6.07, 6.45) is 0.186. The average molecular weight is 503 g/mol. The molecule has 0 spiro atoms. The molecule has 0 aliphatic rings. The topological polar surface area (TPSA) is 99.9 Å². The molecular formula is C25H24Cl2N2O5. The van der Waals surface area contributed by atoms with E-state index in [1.54, 1.807) is 37.4 Å². The smallest absolute Gasteiger partial charge is 0.328 e. The predicted octanol–water partition coefficient (Wildman–Crippen LogP) is 4.77. The molecule has 0 heterocycles. The minimum Gasteiger partial charge on any atom is -0.496 e. The first-order chi connectivity index (χ1) is 16.3. The summed E-state index contributed by atoms with van der Waals surface area (Å²) in [6, 6.07) is 14.6. The number of halogens is 2. The van der Waals surface area contributed by atoms with Crippen LogP contribution in [0.2, 0.25) is 10.0 Å². The van der Waals surface area contributed by atoms with E-state index in [0.717, 1.165) is 11.1 Å². The van der Waals surface area contributed by atoms with Crippen LogP contribution in [0.1, 0.15) is 15.9 Å². The van der Waals surface area contributed by atoms with Crippen molar-refractivity contribution >= 4 is 40.8 Å².